The fourth-order valence-electron chi connectivity index (χ4n) is 2.79. The molecule has 0 aliphatic heterocycles. The van der Waals surface area contributed by atoms with Crippen LogP contribution >= 0.6 is 35.4 Å². The first kappa shape index (κ1) is 21.3. The molecule has 0 heterocycles. The molecule has 1 rings (SSSR count). The molecule has 0 spiro atoms. The summed E-state index contributed by atoms with van der Waals surface area (Å²) < 4.78 is 3.19. The average molecular weight is 393 g/mol. The highest BCUT2D eigenvalue weighted by atomic mass is 35.5. The Bertz CT molecular complexity index is 442. The fourth-order valence-corrected chi connectivity index (χ4v) is 3.50. The molecular weight excluding hydrogens is 367 g/mol. The standard InChI is InChI=1S/C17H26Cl2N2O2S/c1-3-12-21(13-4-2)15(22)17(18,19)23-16(24)20-11-10-14-8-6-5-7-9-14/h3-4,14H,1-2,5-13H2,(H,20,24). The zero-order valence-electron chi connectivity index (χ0n) is 13.9. The number of carbonyl (C=O) groups is 1. The highest BCUT2D eigenvalue weighted by Crippen LogP contribution is 2.27. The largest absolute Gasteiger partial charge is 0.425 e. The molecule has 136 valence electrons. The molecule has 0 atom stereocenters. The molecule has 0 radical (unpaired) electrons. The SMILES string of the molecule is C=CCN(CC=C)C(=O)C(Cl)(Cl)OC(=S)NCCC1CCCCC1. The number of hydrogen-bond donors (Lipinski definition) is 1. The number of thiocarbonyl (C=S) groups is 1. The van der Waals surface area contributed by atoms with Crippen molar-refractivity contribution in [3.05, 3.63) is 25.3 Å². The zero-order valence-corrected chi connectivity index (χ0v) is 16.3. The number of amides is 1. The van der Waals surface area contributed by atoms with E-state index in [2.05, 4.69) is 18.5 Å². The predicted molar refractivity (Wildman–Crippen MR) is 104 cm³/mol. The summed E-state index contributed by atoms with van der Waals surface area (Å²) in [6.07, 6.45) is 10.6. The maximum absolute atomic E-state index is 12.4. The summed E-state index contributed by atoms with van der Waals surface area (Å²) in [4.78, 5) is 13.7. The Morgan fingerprint density at radius 3 is 2.38 bits per heavy atom. The lowest BCUT2D eigenvalue weighted by molar-refractivity contribution is -0.136. The van der Waals surface area contributed by atoms with E-state index in [-0.39, 0.29) is 18.3 Å². The van der Waals surface area contributed by atoms with E-state index in [1.54, 1.807) is 12.2 Å². The highest BCUT2D eigenvalue weighted by Gasteiger charge is 2.40. The molecule has 0 unspecified atom stereocenters. The Morgan fingerprint density at radius 1 is 1.25 bits per heavy atom. The first-order valence-corrected chi connectivity index (χ1v) is 9.43. The molecular formula is C17H26Cl2N2O2S. The van der Waals surface area contributed by atoms with Gasteiger partial charge in [0.05, 0.1) is 0 Å². The Labute approximate surface area is 160 Å². The van der Waals surface area contributed by atoms with Gasteiger partial charge in [0.15, 0.2) is 0 Å². The third-order valence-corrected chi connectivity index (χ3v) is 4.71. The maximum atomic E-state index is 12.4. The van der Waals surface area contributed by atoms with Crippen LogP contribution in [0.15, 0.2) is 25.3 Å². The fraction of sp³-hybridized carbons (Fsp3) is 0.647. The van der Waals surface area contributed by atoms with Crippen LogP contribution in [0, 0.1) is 5.92 Å². The van der Waals surface area contributed by atoms with Crippen LogP contribution in [-0.4, -0.2) is 40.1 Å². The second kappa shape index (κ2) is 11.0. The normalized spacial score (nSPS) is 15.4. The second-order valence-corrected chi connectivity index (χ2v) is 7.54. The molecule has 1 aliphatic carbocycles. The van der Waals surface area contributed by atoms with E-state index in [1.165, 1.54) is 37.0 Å². The van der Waals surface area contributed by atoms with Crippen LogP contribution in [0.4, 0.5) is 0 Å². The Morgan fingerprint density at radius 2 is 1.83 bits per heavy atom. The molecule has 0 aromatic rings. The summed E-state index contributed by atoms with van der Waals surface area (Å²) in [7, 11) is 0. The van der Waals surface area contributed by atoms with Gasteiger partial charge in [-0.15, -0.1) is 13.2 Å². The van der Waals surface area contributed by atoms with Crippen LogP contribution in [0.25, 0.3) is 0 Å². The minimum absolute atomic E-state index is 0.0290. The number of nitrogens with zero attached hydrogens (tertiary/aromatic N) is 1. The topological polar surface area (TPSA) is 41.6 Å². The molecule has 24 heavy (non-hydrogen) atoms. The van der Waals surface area contributed by atoms with Gasteiger partial charge in [0.2, 0.25) is 0 Å². The molecule has 1 N–H and O–H groups in total. The van der Waals surface area contributed by atoms with Crippen molar-refractivity contribution < 1.29 is 9.53 Å². The summed E-state index contributed by atoms with van der Waals surface area (Å²) >= 11 is 17.2. The third-order valence-electron chi connectivity index (χ3n) is 4.00. The van der Waals surface area contributed by atoms with Gasteiger partial charge in [0, 0.05) is 19.6 Å². The van der Waals surface area contributed by atoms with Crippen LogP contribution in [0.1, 0.15) is 38.5 Å². The van der Waals surface area contributed by atoms with E-state index in [4.69, 9.17) is 40.2 Å². The summed E-state index contributed by atoms with van der Waals surface area (Å²) in [5, 5.41) is 3.00. The summed E-state index contributed by atoms with van der Waals surface area (Å²) in [6.45, 7) is 8.46. The second-order valence-electron chi connectivity index (χ2n) is 5.91. The van der Waals surface area contributed by atoms with E-state index in [1.807, 2.05) is 0 Å². The molecule has 1 saturated carbocycles. The van der Waals surface area contributed by atoms with E-state index in [9.17, 15) is 4.79 Å². The van der Waals surface area contributed by atoms with Crippen molar-refractivity contribution in [2.75, 3.05) is 19.6 Å². The van der Waals surface area contributed by atoms with Gasteiger partial charge in [0.25, 0.3) is 11.1 Å². The minimum atomic E-state index is -2.07. The van der Waals surface area contributed by atoms with Gasteiger partial charge in [-0.2, -0.15) is 0 Å². The van der Waals surface area contributed by atoms with Crippen molar-refractivity contribution in [2.45, 2.75) is 43.0 Å². The van der Waals surface area contributed by atoms with E-state index in [0.29, 0.717) is 6.54 Å². The summed E-state index contributed by atoms with van der Waals surface area (Å²) in [6, 6.07) is 0. The van der Waals surface area contributed by atoms with Gasteiger partial charge in [0.1, 0.15) is 0 Å². The number of alkyl halides is 2. The first-order chi connectivity index (χ1) is 11.4. The smallest absolute Gasteiger partial charge is 0.340 e. The number of ether oxygens (including phenoxy) is 1. The van der Waals surface area contributed by atoms with E-state index >= 15 is 0 Å². The van der Waals surface area contributed by atoms with E-state index in [0.717, 1.165) is 12.3 Å². The zero-order chi connectivity index (χ0) is 18.0. The van der Waals surface area contributed by atoms with Gasteiger partial charge >= 0.3 is 4.52 Å². The van der Waals surface area contributed by atoms with Gasteiger partial charge < -0.3 is 15.0 Å². The Kier molecular flexibility index (Phi) is 9.71. The first-order valence-electron chi connectivity index (χ1n) is 8.26. The molecule has 0 saturated heterocycles. The average Bonchev–Trinajstić information content (AvgIpc) is 2.54. The van der Waals surface area contributed by atoms with Gasteiger partial charge in [-0.05, 0) is 47.8 Å². The molecule has 7 heteroatoms. The number of rotatable bonds is 9. The Balaban J connectivity index is 2.42. The molecule has 1 fully saturated rings. The predicted octanol–water partition coefficient (Wildman–Crippen LogP) is 4.18. The van der Waals surface area contributed by atoms with Crippen LogP contribution in [-0.2, 0) is 9.53 Å². The van der Waals surface area contributed by atoms with Gasteiger partial charge in [-0.1, -0.05) is 44.3 Å². The number of carbonyl (C=O) groups excluding carboxylic acids is 1. The van der Waals surface area contributed by atoms with Crippen LogP contribution in [0.2, 0.25) is 0 Å². The van der Waals surface area contributed by atoms with Crippen molar-refractivity contribution >= 4 is 46.5 Å². The lowest BCUT2D eigenvalue weighted by atomic mass is 9.87. The quantitative estimate of drug-likeness (QED) is 0.363. The van der Waals surface area contributed by atoms with Crippen molar-refractivity contribution in [1.82, 2.24) is 10.2 Å². The molecule has 0 bridgehead atoms. The number of nitrogens with one attached hydrogen (secondary N) is 1. The van der Waals surface area contributed by atoms with Gasteiger partial charge in [-0.3, -0.25) is 4.79 Å². The van der Waals surface area contributed by atoms with Crippen molar-refractivity contribution in [3.63, 3.8) is 0 Å². The monoisotopic (exact) mass is 392 g/mol. The van der Waals surface area contributed by atoms with Crippen molar-refractivity contribution in [1.29, 1.82) is 0 Å². The lowest BCUT2D eigenvalue weighted by Gasteiger charge is -2.28. The van der Waals surface area contributed by atoms with Crippen LogP contribution in [0.3, 0.4) is 0 Å². The lowest BCUT2D eigenvalue weighted by Crippen LogP contribution is -2.46. The molecule has 1 amide bonds. The molecule has 0 aromatic carbocycles. The number of hydrogen-bond acceptors (Lipinski definition) is 3. The van der Waals surface area contributed by atoms with Crippen molar-refractivity contribution in [3.8, 4) is 0 Å². The number of halogens is 2. The highest BCUT2D eigenvalue weighted by molar-refractivity contribution is 7.80. The van der Waals surface area contributed by atoms with Crippen LogP contribution in [0.5, 0.6) is 0 Å². The summed E-state index contributed by atoms with van der Waals surface area (Å²) in [5.74, 6) is 0.130. The molecule has 1 aliphatic rings. The molecule has 4 nitrogen and oxygen atoms in total. The Hall–Kier alpha value is -0.780. The van der Waals surface area contributed by atoms with E-state index < -0.39 is 10.4 Å². The molecule has 0 aromatic heterocycles. The van der Waals surface area contributed by atoms with Crippen molar-refractivity contribution in [2.24, 2.45) is 5.92 Å². The summed E-state index contributed by atoms with van der Waals surface area (Å²) in [5.41, 5.74) is 0. The van der Waals surface area contributed by atoms with Gasteiger partial charge in [-0.25, -0.2) is 0 Å². The third kappa shape index (κ3) is 7.41. The maximum Gasteiger partial charge on any atom is 0.340 e. The minimum Gasteiger partial charge on any atom is -0.425 e. The van der Waals surface area contributed by atoms with Crippen LogP contribution < -0.4 is 5.32 Å².